The van der Waals surface area contributed by atoms with E-state index in [-0.39, 0.29) is 31.7 Å². The van der Waals surface area contributed by atoms with E-state index in [0.717, 1.165) is 36.0 Å². The fraction of sp³-hybridized carbons (Fsp3) is 0.595. The molecule has 3 N–H and O–H groups in total. The lowest BCUT2D eigenvalue weighted by Crippen LogP contribution is -2.60. The lowest BCUT2D eigenvalue weighted by atomic mass is 9.85. The maximum Gasteiger partial charge on any atom is 0.410 e. The van der Waals surface area contributed by atoms with E-state index in [1.165, 1.54) is 11.0 Å². The Morgan fingerprint density at radius 1 is 1.10 bits per heavy atom. The molecule has 13 nitrogen and oxygen atoms in total. The van der Waals surface area contributed by atoms with Gasteiger partial charge in [-0.2, -0.15) is 0 Å². The number of benzene rings is 1. The average molecular weight is 724 g/mol. The molecule has 1 aromatic rings. The standard InChI is InChI=1S/C37H49N5O8S/c1-5-25-19-37(25,34(46)40-51(48,49)27-16-17-27)39-32(44)29-18-26-21-42(29)33(45)31(36(2,3)4)38-30(43)15-10-8-6-7-9-12-23-13-11-14-24-20-41(22-28(23)24)35(47)50-26/h5,9,11-14,25-27,29,31H,1,6-8,10,15-22H2,2-4H3,(H,38,43)(H,39,44)(H,40,46)/b12-9-/t25-,26-,29+,31?,37+/m1/s1. The summed E-state index contributed by atoms with van der Waals surface area (Å²) in [5, 5.41) is 5.03. The summed E-state index contributed by atoms with van der Waals surface area (Å²) in [6, 6.07) is 3.79. The van der Waals surface area contributed by atoms with Crippen LogP contribution in [0.2, 0.25) is 0 Å². The van der Waals surface area contributed by atoms with Gasteiger partial charge in [0.15, 0.2) is 0 Å². The summed E-state index contributed by atoms with van der Waals surface area (Å²) in [6.07, 6.45) is 8.68. The summed E-state index contributed by atoms with van der Waals surface area (Å²) in [6.45, 7) is 9.82. The first kappa shape index (κ1) is 36.6. The first-order chi connectivity index (χ1) is 24.1. The smallest absolute Gasteiger partial charge is 0.410 e. The van der Waals surface area contributed by atoms with E-state index in [9.17, 15) is 32.4 Å². The second kappa shape index (κ2) is 14.1. The molecular weight excluding hydrogens is 675 g/mol. The number of hydrogen-bond acceptors (Lipinski definition) is 8. The Bertz CT molecular complexity index is 1750. The third-order valence-electron chi connectivity index (χ3n) is 10.6. The molecule has 2 aliphatic carbocycles. The zero-order valence-electron chi connectivity index (χ0n) is 29.6. The number of carbonyl (C=O) groups is 5. The van der Waals surface area contributed by atoms with Gasteiger partial charge in [0, 0.05) is 25.3 Å². The second-order valence-corrected chi connectivity index (χ2v) is 17.6. The van der Waals surface area contributed by atoms with Crippen LogP contribution < -0.4 is 15.4 Å². The van der Waals surface area contributed by atoms with Crippen molar-refractivity contribution in [3.8, 4) is 0 Å². The van der Waals surface area contributed by atoms with Crippen molar-refractivity contribution in [3.05, 3.63) is 53.6 Å². The van der Waals surface area contributed by atoms with Crippen LogP contribution in [0.25, 0.3) is 6.08 Å². The molecule has 3 aliphatic heterocycles. The van der Waals surface area contributed by atoms with Crippen LogP contribution in [0.5, 0.6) is 0 Å². The number of fused-ring (bicyclic) bond motifs is 3. The van der Waals surface area contributed by atoms with Crippen LogP contribution in [0.4, 0.5) is 4.79 Å². The van der Waals surface area contributed by atoms with Gasteiger partial charge in [0.25, 0.3) is 5.91 Å². The zero-order chi connectivity index (χ0) is 36.7. The van der Waals surface area contributed by atoms with E-state index in [1.54, 1.807) is 4.90 Å². The summed E-state index contributed by atoms with van der Waals surface area (Å²) in [7, 11) is -3.89. The Morgan fingerprint density at radius 2 is 1.86 bits per heavy atom. The molecule has 3 heterocycles. The molecule has 1 saturated heterocycles. The number of allylic oxidation sites excluding steroid dienone is 1. The molecule has 3 fully saturated rings. The monoisotopic (exact) mass is 723 g/mol. The van der Waals surface area contributed by atoms with Crippen molar-refractivity contribution in [2.45, 2.75) is 121 Å². The minimum Gasteiger partial charge on any atom is -0.444 e. The molecule has 2 saturated carbocycles. The highest BCUT2D eigenvalue weighted by Gasteiger charge is 2.62. The average Bonchev–Trinajstić information content (AvgIpc) is 3.96. The molecule has 276 valence electrons. The topological polar surface area (TPSA) is 171 Å². The summed E-state index contributed by atoms with van der Waals surface area (Å²) in [5.74, 6) is -2.85. The largest absolute Gasteiger partial charge is 0.444 e. The van der Waals surface area contributed by atoms with E-state index in [2.05, 4.69) is 34.1 Å². The third kappa shape index (κ3) is 7.85. The molecule has 0 aromatic heterocycles. The predicted molar refractivity (Wildman–Crippen MR) is 189 cm³/mol. The SMILES string of the molecule is C=C[C@@H]1C[C@@]1(NC(=O)[C@@H]1C[C@@H]2CN1C(=O)C(C(C)(C)C)NC(=O)CCCCC/C=C\c1cccc3c1CN(C3)C(=O)O2)C(=O)NS(=O)(=O)C1CC1. The Morgan fingerprint density at radius 3 is 2.55 bits per heavy atom. The highest BCUT2D eigenvalue weighted by atomic mass is 32.2. The van der Waals surface area contributed by atoms with Crippen LogP contribution in [0.1, 0.15) is 95.2 Å². The fourth-order valence-corrected chi connectivity index (χ4v) is 8.69. The number of amides is 5. The fourth-order valence-electron chi connectivity index (χ4n) is 7.33. The molecular formula is C37H49N5O8S. The first-order valence-corrected chi connectivity index (χ1v) is 19.5. The number of sulfonamides is 1. The van der Waals surface area contributed by atoms with Gasteiger partial charge in [-0.05, 0) is 60.6 Å². The molecule has 1 aromatic carbocycles. The molecule has 0 radical (unpaired) electrons. The van der Waals surface area contributed by atoms with Gasteiger partial charge in [0.1, 0.15) is 23.7 Å². The maximum atomic E-state index is 14.4. The van der Waals surface area contributed by atoms with Crippen molar-refractivity contribution in [1.82, 2.24) is 25.2 Å². The van der Waals surface area contributed by atoms with Gasteiger partial charge in [-0.3, -0.25) is 28.8 Å². The third-order valence-corrected chi connectivity index (χ3v) is 12.5. The minimum absolute atomic E-state index is 0.0558. The number of hydrogen-bond donors (Lipinski definition) is 3. The number of ether oxygens (including phenoxy) is 1. The zero-order valence-corrected chi connectivity index (χ0v) is 30.4. The van der Waals surface area contributed by atoms with Crippen molar-refractivity contribution < 1.29 is 37.1 Å². The Labute approximate surface area is 299 Å². The van der Waals surface area contributed by atoms with E-state index >= 15 is 0 Å². The van der Waals surface area contributed by atoms with Gasteiger partial charge < -0.3 is 20.3 Å². The number of carbonyl (C=O) groups excluding carboxylic acids is 5. The highest BCUT2D eigenvalue weighted by molar-refractivity contribution is 7.91. The highest BCUT2D eigenvalue weighted by Crippen LogP contribution is 2.45. The Kier molecular flexibility index (Phi) is 10.1. The first-order valence-electron chi connectivity index (χ1n) is 18.0. The van der Waals surface area contributed by atoms with Gasteiger partial charge in [-0.1, -0.05) is 63.6 Å². The molecule has 14 heteroatoms. The van der Waals surface area contributed by atoms with E-state index in [4.69, 9.17) is 4.74 Å². The summed E-state index contributed by atoms with van der Waals surface area (Å²) < 4.78 is 33.4. The number of nitrogens with zero attached hydrogens (tertiary/aromatic N) is 2. The Hall–Kier alpha value is -4.20. The van der Waals surface area contributed by atoms with Gasteiger partial charge in [0.05, 0.1) is 18.3 Å². The maximum absolute atomic E-state index is 14.4. The van der Waals surface area contributed by atoms with Crippen LogP contribution in [0.3, 0.4) is 0 Å². The van der Waals surface area contributed by atoms with E-state index < -0.39 is 74.1 Å². The van der Waals surface area contributed by atoms with Gasteiger partial charge in [-0.25, -0.2) is 13.2 Å². The quantitative estimate of drug-likeness (QED) is 0.376. The lowest BCUT2D eigenvalue weighted by Gasteiger charge is -2.35. The lowest BCUT2D eigenvalue weighted by molar-refractivity contribution is -0.144. The molecule has 0 spiro atoms. The molecule has 6 rings (SSSR count). The van der Waals surface area contributed by atoms with E-state index in [1.807, 2.05) is 39.0 Å². The molecule has 5 amide bonds. The van der Waals surface area contributed by atoms with Crippen LogP contribution in [-0.2, 0) is 47.0 Å². The Balaban J connectivity index is 1.27. The van der Waals surface area contributed by atoms with Crippen LogP contribution in [0.15, 0.2) is 36.9 Å². The van der Waals surface area contributed by atoms with Crippen molar-refractivity contribution >= 4 is 45.8 Å². The van der Waals surface area contributed by atoms with Gasteiger partial charge in [-0.15, -0.1) is 6.58 Å². The van der Waals surface area contributed by atoms with Crippen LogP contribution in [-0.4, -0.2) is 83.5 Å². The number of rotatable bonds is 6. The minimum atomic E-state index is -3.89. The van der Waals surface area contributed by atoms with Crippen molar-refractivity contribution in [2.75, 3.05) is 6.54 Å². The molecule has 5 aliphatic rings. The molecule has 5 atom stereocenters. The summed E-state index contributed by atoms with van der Waals surface area (Å²) >= 11 is 0. The van der Waals surface area contributed by atoms with Crippen LogP contribution >= 0.6 is 0 Å². The summed E-state index contributed by atoms with van der Waals surface area (Å²) in [4.78, 5) is 71.6. The molecule has 51 heavy (non-hydrogen) atoms. The van der Waals surface area contributed by atoms with Crippen molar-refractivity contribution in [1.29, 1.82) is 0 Å². The van der Waals surface area contributed by atoms with E-state index in [0.29, 0.717) is 32.4 Å². The normalized spacial score (nSPS) is 29.4. The summed E-state index contributed by atoms with van der Waals surface area (Å²) in [5.41, 5.74) is 0.788. The predicted octanol–water partition coefficient (Wildman–Crippen LogP) is 3.29. The van der Waals surface area contributed by atoms with Crippen molar-refractivity contribution in [3.63, 3.8) is 0 Å². The van der Waals surface area contributed by atoms with Crippen molar-refractivity contribution in [2.24, 2.45) is 11.3 Å². The van der Waals surface area contributed by atoms with Gasteiger partial charge >= 0.3 is 6.09 Å². The molecule has 1 unspecified atom stereocenters. The molecule has 4 bridgehead atoms. The van der Waals surface area contributed by atoms with Crippen LogP contribution in [0, 0.1) is 11.3 Å². The number of nitrogens with one attached hydrogen (secondary N) is 3. The second-order valence-electron chi connectivity index (χ2n) is 15.6. The van der Waals surface area contributed by atoms with Gasteiger partial charge in [0.2, 0.25) is 27.7 Å².